The summed E-state index contributed by atoms with van der Waals surface area (Å²) < 4.78 is 1.89. The SMILES string of the molecule is CCCN1CCCN(c2c(C)c(C)nc3ncnn23)CC1. The van der Waals surface area contributed by atoms with Crippen LogP contribution >= 0.6 is 0 Å². The Labute approximate surface area is 125 Å². The Morgan fingerprint density at radius 1 is 1.14 bits per heavy atom. The van der Waals surface area contributed by atoms with Crippen LogP contribution in [0.1, 0.15) is 31.0 Å². The summed E-state index contributed by atoms with van der Waals surface area (Å²) in [7, 11) is 0. The molecule has 2 aromatic heterocycles. The molecule has 0 saturated carbocycles. The number of hydrogen-bond acceptors (Lipinski definition) is 5. The minimum Gasteiger partial charge on any atom is -0.355 e. The molecule has 0 bridgehead atoms. The molecule has 21 heavy (non-hydrogen) atoms. The van der Waals surface area contributed by atoms with Gasteiger partial charge in [-0.05, 0) is 39.8 Å². The number of hydrogen-bond donors (Lipinski definition) is 0. The Kier molecular flexibility index (Phi) is 4.05. The molecule has 0 N–H and O–H groups in total. The molecule has 3 heterocycles. The first-order valence-corrected chi connectivity index (χ1v) is 7.85. The van der Waals surface area contributed by atoms with E-state index < -0.39 is 0 Å². The van der Waals surface area contributed by atoms with E-state index in [9.17, 15) is 0 Å². The average Bonchev–Trinajstić information content (AvgIpc) is 2.79. The van der Waals surface area contributed by atoms with Crippen LogP contribution in [0.2, 0.25) is 0 Å². The van der Waals surface area contributed by atoms with E-state index in [0.717, 1.165) is 31.1 Å². The zero-order valence-corrected chi connectivity index (χ0v) is 13.2. The summed E-state index contributed by atoms with van der Waals surface area (Å²) in [6.45, 7) is 12.0. The van der Waals surface area contributed by atoms with Crippen LogP contribution in [0.25, 0.3) is 5.78 Å². The van der Waals surface area contributed by atoms with Gasteiger partial charge in [-0.15, -0.1) is 0 Å². The molecule has 0 amide bonds. The number of aromatic nitrogens is 4. The van der Waals surface area contributed by atoms with Gasteiger partial charge in [0.2, 0.25) is 0 Å². The molecule has 0 aliphatic carbocycles. The molecule has 2 aromatic rings. The number of fused-ring (bicyclic) bond motifs is 1. The molecule has 6 nitrogen and oxygen atoms in total. The predicted molar refractivity (Wildman–Crippen MR) is 83.8 cm³/mol. The first-order valence-electron chi connectivity index (χ1n) is 7.85. The van der Waals surface area contributed by atoms with Crippen LogP contribution in [0.5, 0.6) is 0 Å². The van der Waals surface area contributed by atoms with Gasteiger partial charge in [0.25, 0.3) is 5.78 Å². The second kappa shape index (κ2) is 5.97. The minimum atomic E-state index is 0.697. The van der Waals surface area contributed by atoms with Crippen molar-refractivity contribution in [1.82, 2.24) is 24.5 Å². The molecule has 0 unspecified atom stereocenters. The van der Waals surface area contributed by atoms with E-state index in [1.807, 2.05) is 4.52 Å². The summed E-state index contributed by atoms with van der Waals surface area (Å²) in [4.78, 5) is 13.8. The maximum Gasteiger partial charge on any atom is 0.254 e. The van der Waals surface area contributed by atoms with Crippen LogP contribution in [0, 0.1) is 13.8 Å². The molecule has 6 heteroatoms. The third-order valence-corrected chi connectivity index (χ3v) is 4.30. The van der Waals surface area contributed by atoms with Crippen LogP contribution in [-0.2, 0) is 0 Å². The lowest BCUT2D eigenvalue weighted by Gasteiger charge is -2.25. The van der Waals surface area contributed by atoms with Crippen molar-refractivity contribution in [2.24, 2.45) is 0 Å². The quantitative estimate of drug-likeness (QED) is 0.860. The first-order chi connectivity index (χ1) is 10.2. The van der Waals surface area contributed by atoms with E-state index in [1.54, 1.807) is 6.33 Å². The normalized spacial score (nSPS) is 17.4. The van der Waals surface area contributed by atoms with Gasteiger partial charge in [0.05, 0.1) is 0 Å². The molecule has 0 aromatic carbocycles. The van der Waals surface area contributed by atoms with Crippen molar-refractivity contribution in [3.05, 3.63) is 17.6 Å². The third-order valence-electron chi connectivity index (χ3n) is 4.30. The predicted octanol–water partition coefficient (Wildman–Crippen LogP) is 1.66. The molecule has 1 saturated heterocycles. The van der Waals surface area contributed by atoms with Crippen molar-refractivity contribution in [2.45, 2.75) is 33.6 Å². The van der Waals surface area contributed by atoms with Crippen molar-refractivity contribution in [3.63, 3.8) is 0 Å². The van der Waals surface area contributed by atoms with Crippen molar-refractivity contribution in [2.75, 3.05) is 37.6 Å². The summed E-state index contributed by atoms with van der Waals surface area (Å²) >= 11 is 0. The fraction of sp³-hybridized carbons (Fsp3) is 0.667. The molecular formula is C15H24N6. The second-order valence-corrected chi connectivity index (χ2v) is 5.80. The lowest BCUT2D eigenvalue weighted by molar-refractivity contribution is 0.294. The van der Waals surface area contributed by atoms with Crippen LogP contribution in [0.3, 0.4) is 0 Å². The molecule has 1 fully saturated rings. The van der Waals surface area contributed by atoms with Gasteiger partial charge in [-0.3, -0.25) is 0 Å². The van der Waals surface area contributed by atoms with E-state index in [4.69, 9.17) is 0 Å². The van der Waals surface area contributed by atoms with Gasteiger partial charge in [0.15, 0.2) is 0 Å². The monoisotopic (exact) mass is 288 g/mol. The van der Waals surface area contributed by atoms with E-state index in [0.29, 0.717) is 5.78 Å². The number of rotatable bonds is 3. The Morgan fingerprint density at radius 3 is 2.81 bits per heavy atom. The summed E-state index contributed by atoms with van der Waals surface area (Å²) in [6.07, 6.45) is 4.00. The lowest BCUT2D eigenvalue weighted by Crippen LogP contribution is -2.33. The first kappa shape index (κ1) is 14.3. The third kappa shape index (κ3) is 2.72. The average molecular weight is 288 g/mol. The van der Waals surface area contributed by atoms with Crippen LogP contribution < -0.4 is 4.90 Å². The molecule has 3 rings (SSSR count). The van der Waals surface area contributed by atoms with Gasteiger partial charge < -0.3 is 9.80 Å². The Balaban J connectivity index is 1.93. The summed E-state index contributed by atoms with van der Waals surface area (Å²) in [5.74, 6) is 1.86. The molecule has 0 radical (unpaired) electrons. The fourth-order valence-corrected chi connectivity index (χ4v) is 3.11. The summed E-state index contributed by atoms with van der Waals surface area (Å²) in [5, 5.41) is 4.37. The van der Waals surface area contributed by atoms with Crippen molar-refractivity contribution in [3.8, 4) is 0 Å². The van der Waals surface area contributed by atoms with E-state index in [-0.39, 0.29) is 0 Å². The molecule has 1 aliphatic heterocycles. The minimum absolute atomic E-state index is 0.697. The van der Waals surface area contributed by atoms with E-state index in [1.165, 1.54) is 31.5 Å². The van der Waals surface area contributed by atoms with Crippen LogP contribution in [0.15, 0.2) is 6.33 Å². The van der Waals surface area contributed by atoms with Gasteiger partial charge in [-0.25, -0.2) is 4.98 Å². The molecule has 1 aliphatic rings. The molecular weight excluding hydrogens is 264 g/mol. The summed E-state index contributed by atoms with van der Waals surface area (Å²) in [6, 6.07) is 0. The highest BCUT2D eigenvalue weighted by Crippen LogP contribution is 2.23. The zero-order valence-electron chi connectivity index (χ0n) is 13.2. The fourth-order valence-electron chi connectivity index (χ4n) is 3.11. The van der Waals surface area contributed by atoms with Crippen LogP contribution in [-0.4, -0.2) is 57.2 Å². The van der Waals surface area contributed by atoms with Crippen molar-refractivity contribution >= 4 is 11.6 Å². The number of aryl methyl sites for hydroxylation is 1. The topological polar surface area (TPSA) is 49.6 Å². The zero-order chi connectivity index (χ0) is 14.8. The molecule has 114 valence electrons. The maximum absolute atomic E-state index is 4.51. The van der Waals surface area contributed by atoms with Gasteiger partial charge >= 0.3 is 0 Å². The van der Waals surface area contributed by atoms with Gasteiger partial charge in [0, 0.05) is 30.9 Å². The highest BCUT2D eigenvalue weighted by atomic mass is 15.4. The number of nitrogens with zero attached hydrogens (tertiary/aromatic N) is 6. The Bertz CT molecular complexity index is 620. The maximum atomic E-state index is 4.51. The molecule has 0 atom stereocenters. The van der Waals surface area contributed by atoms with Gasteiger partial charge in [-0.2, -0.15) is 14.6 Å². The number of anilines is 1. The Hall–Kier alpha value is -1.69. The van der Waals surface area contributed by atoms with Gasteiger partial charge in [-0.1, -0.05) is 6.92 Å². The van der Waals surface area contributed by atoms with Gasteiger partial charge in [0.1, 0.15) is 12.1 Å². The highest BCUT2D eigenvalue weighted by Gasteiger charge is 2.20. The Morgan fingerprint density at radius 2 is 2.00 bits per heavy atom. The lowest BCUT2D eigenvalue weighted by atomic mass is 10.2. The van der Waals surface area contributed by atoms with Crippen LogP contribution in [0.4, 0.5) is 5.82 Å². The summed E-state index contributed by atoms with van der Waals surface area (Å²) in [5.41, 5.74) is 2.25. The van der Waals surface area contributed by atoms with E-state index >= 15 is 0 Å². The largest absolute Gasteiger partial charge is 0.355 e. The van der Waals surface area contributed by atoms with E-state index in [2.05, 4.69) is 45.6 Å². The van der Waals surface area contributed by atoms with Crippen molar-refractivity contribution < 1.29 is 0 Å². The highest BCUT2D eigenvalue weighted by molar-refractivity contribution is 5.54. The van der Waals surface area contributed by atoms with Crippen molar-refractivity contribution in [1.29, 1.82) is 0 Å². The standard InChI is InChI=1S/C15H24N6/c1-4-6-19-7-5-8-20(10-9-19)14-12(2)13(3)18-15-16-11-17-21(14)15/h11H,4-10H2,1-3H3. The second-order valence-electron chi connectivity index (χ2n) is 5.80. The smallest absolute Gasteiger partial charge is 0.254 e. The molecule has 0 spiro atoms.